The quantitative estimate of drug-likeness (QED) is 0.598. The van der Waals surface area contributed by atoms with Crippen LogP contribution in [0.5, 0.6) is 0 Å². The lowest BCUT2D eigenvalue weighted by molar-refractivity contribution is -0.0459. The van der Waals surface area contributed by atoms with E-state index in [4.69, 9.17) is 15.6 Å². The Labute approximate surface area is 97.5 Å². The van der Waals surface area contributed by atoms with Gasteiger partial charge in [-0.1, -0.05) is 0 Å². The van der Waals surface area contributed by atoms with Gasteiger partial charge in [0, 0.05) is 18.2 Å². The van der Waals surface area contributed by atoms with Crippen LogP contribution in [0.25, 0.3) is 0 Å². The van der Waals surface area contributed by atoms with Crippen LogP contribution >= 0.6 is 0 Å². The van der Waals surface area contributed by atoms with Gasteiger partial charge in [0.25, 0.3) is 0 Å². The van der Waals surface area contributed by atoms with Crippen molar-refractivity contribution >= 4 is 5.82 Å². The summed E-state index contributed by atoms with van der Waals surface area (Å²) in [6.07, 6.45) is -0.265. The normalized spacial score (nSPS) is 28.5. The average molecular weight is 241 g/mol. The maximum Gasteiger partial charge on any atom is 0.351 e. The summed E-state index contributed by atoms with van der Waals surface area (Å²) in [5, 5.41) is 18.6. The van der Waals surface area contributed by atoms with Gasteiger partial charge in [-0.15, -0.1) is 0 Å². The van der Waals surface area contributed by atoms with Gasteiger partial charge in [0.2, 0.25) is 0 Å². The first kappa shape index (κ1) is 12.0. The van der Waals surface area contributed by atoms with Gasteiger partial charge in [-0.25, -0.2) is 4.79 Å². The molecule has 0 aliphatic carbocycles. The molecule has 0 saturated carbocycles. The van der Waals surface area contributed by atoms with E-state index in [9.17, 15) is 9.90 Å². The van der Waals surface area contributed by atoms with Crippen molar-refractivity contribution in [1.29, 1.82) is 0 Å². The first-order valence-electron chi connectivity index (χ1n) is 5.32. The molecule has 0 unspecified atom stereocenters. The van der Waals surface area contributed by atoms with Crippen molar-refractivity contribution < 1.29 is 14.9 Å². The summed E-state index contributed by atoms with van der Waals surface area (Å²) in [4.78, 5) is 15.3. The third-order valence-corrected chi connectivity index (χ3v) is 2.87. The summed E-state index contributed by atoms with van der Waals surface area (Å²) >= 11 is 0. The Morgan fingerprint density at radius 2 is 2.41 bits per heavy atom. The first-order valence-corrected chi connectivity index (χ1v) is 5.32. The number of nitrogens with zero attached hydrogens (tertiary/aromatic N) is 2. The maximum absolute atomic E-state index is 11.6. The molecule has 2 rings (SSSR count). The SMILES string of the molecule is Cc1cn([C@H]2C[C@@H](O)[C@H](CO)O2)c(=O)nc1N. The molecular formula is C10H15N3O4. The van der Waals surface area contributed by atoms with E-state index in [2.05, 4.69) is 4.98 Å². The molecule has 0 aromatic carbocycles. The highest BCUT2D eigenvalue weighted by atomic mass is 16.5. The van der Waals surface area contributed by atoms with Crippen LogP contribution in [0.4, 0.5) is 5.82 Å². The first-order chi connectivity index (χ1) is 8.02. The lowest BCUT2D eigenvalue weighted by atomic mass is 10.2. The number of nitrogens with two attached hydrogens (primary N) is 1. The van der Waals surface area contributed by atoms with Gasteiger partial charge in [0.05, 0.1) is 12.7 Å². The van der Waals surface area contributed by atoms with Crippen molar-refractivity contribution in [3.05, 3.63) is 22.2 Å². The van der Waals surface area contributed by atoms with E-state index in [1.165, 1.54) is 4.57 Å². The Morgan fingerprint density at radius 1 is 1.71 bits per heavy atom. The van der Waals surface area contributed by atoms with Crippen LogP contribution in [0, 0.1) is 6.92 Å². The topological polar surface area (TPSA) is 111 Å². The highest BCUT2D eigenvalue weighted by Gasteiger charge is 2.35. The minimum Gasteiger partial charge on any atom is -0.394 e. The molecule has 2 heterocycles. The number of hydrogen-bond acceptors (Lipinski definition) is 6. The van der Waals surface area contributed by atoms with Crippen LogP contribution in [0.1, 0.15) is 18.2 Å². The largest absolute Gasteiger partial charge is 0.394 e. The van der Waals surface area contributed by atoms with E-state index in [1.54, 1.807) is 13.1 Å². The van der Waals surface area contributed by atoms with Crippen molar-refractivity contribution in [3.63, 3.8) is 0 Å². The number of aliphatic hydroxyl groups is 2. The van der Waals surface area contributed by atoms with Crippen LogP contribution < -0.4 is 11.4 Å². The molecule has 1 aromatic rings. The van der Waals surface area contributed by atoms with Gasteiger partial charge in [0.15, 0.2) is 0 Å². The second-order valence-electron chi connectivity index (χ2n) is 4.11. The van der Waals surface area contributed by atoms with Crippen molar-refractivity contribution in [2.75, 3.05) is 12.3 Å². The zero-order valence-electron chi connectivity index (χ0n) is 9.41. The van der Waals surface area contributed by atoms with Gasteiger partial charge < -0.3 is 20.7 Å². The van der Waals surface area contributed by atoms with E-state index in [0.29, 0.717) is 5.56 Å². The second kappa shape index (κ2) is 4.44. The van der Waals surface area contributed by atoms with E-state index in [-0.39, 0.29) is 18.8 Å². The third-order valence-electron chi connectivity index (χ3n) is 2.87. The molecule has 1 saturated heterocycles. The van der Waals surface area contributed by atoms with Gasteiger partial charge in [-0.2, -0.15) is 4.98 Å². The number of ether oxygens (including phenoxy) is 1. The molecule has 3 atom stereocenters. The minimum atomic E-state index is -0.783. The fraction of sp³-hybridized carbons (Fsp3) is 0.600. The summed E-state index contributed by atoms with van der Waals surface area (Å²) in [6, 6.07) is 0. The van der Waals surface area contributed by atoms with Gasteiger partial charge in [0.1, 0.15) is 18.1 Å². The zero-order chi connectivity index (χ0) is 12.6. The molecule has 17 heavy (non-hydrogen) atoms. The lowest BCUT2D eigenvalue weighted by Crippen LogP contribution is -2.28. The Bertz CT molecular complexity index is 473. The van der Waals surface area contributed by atoms with Crippen molar-refractivity contribution in [2.45, 2.75) is 31.8 Å². The molecule has 0 radical (unpaired) electrons. The lowest BCUT2D eigenvalue weighted by Gasteiger charge is -2.15. The molecule has 4 N–H and O–H groups in total. The summed E-state index contributed by atoms with van der Waals surface area (Å²) in [5.74, 6) is 0.184. The molecule has 94 valence electrons. The Hall–Kier alpha value is -1.44. The molecule has 1 aromatic heterocycles. The van der Waals surface area contributed by atoms with Gasteiger partial charge >= 0.3 is 5.69 Å². The second-order valence-corrected chi connectivity index (χ2v) is 4.11. The summed E-state index contributed by atoms with van der Waals surface area (Å²) in [7, 11) is 0. The summed E-state index contributed by atoms with van der Waals surface area (Å²) < 4.78 is 6.65. The summed E-state index contributed by atoms with van der Waals surface area (Å²) in [5.41, 5.74) is 5.65. The summed E-state index contributed by atoms with van der Waals surface area (Å²) in [6.45, 7) is 1.45. The molecule has 0 spiro atoms. The monoisotopic (exact) mass is 241 g/mol. The number of aliphatic hydroxyl groups excluding tert-OH is 2. The number of hydrogen-bond donors (Lipinski definition) is 3. The van der Waals surface area contributed by atoms with E-state index < -0.39 is 24.1 Å². The predicted octanol–water partition coefficient (Wildman–Crippen LogP) is -1.23. The number of nitrogen functional groups attached to an aromatic ring is 1. The molecule has 0 bridgehead atoms. The van der Waals surface area contributed by atoms with E-state index >= 15 is 0 Å². The van der Waals surface area contributed by atoms with Crippen molar-refractivity contribution in [2.24, 2.45) is 0 Å². The predicted molar refractivity (Wildman–Crippen MR) is 59.3 cm³/mol. The van der Waals surface area contributed by atoms with Crippen LogP contribution in [0.2, 0.25) is 0 Å². The van der Waals surface area contributed by atoms with E-state index in [0.717, 1.165) is 0 Å². The highest BCUT2D eigenvalue weighted by Crippen LogP contribution is 2.27. The number of anilines is 1. The van der Waals surface area contributed by atoms with Gasteiger partial charge in [-0.05, 0) is 6.92 Å². The van der Waals surface area contributed by atoms with Gasteiger partial charge in [-0.3, -0.25) is 4.57 Å². The Kier molecular flexibility index (Phi) is 3.14. The molecule has 7 heteroatoms. The fourth-order valence-electron chi connectivity index (χ4n) is 1.84. The maximum atomic E-state index is 11.6. The molecule has 1 aliphatic rings. The Morgan fingerprint density at radius 3 is 3.00 bits per heavy atom. The molecule has 7 nitrogen and oxygen atoms in total. The minimum absolute atomic E-state index is 0.184. The molecular weight excluding hydrogens is 226 g/mol. The smallest absolute Gasteiger partial charge is 0.351 e. The van der Waals surface area contributed by atoms with Crippen molar-refractivity contribution in [1.82, 2.24) is 9.55 Å². The van der Waals surface area contributed by atoms with Crippen LogP contribution in [-0.4, -0.2) is 38.6 Å². The average Bonchev–Trinajstić information content (AvgIpc) is 2.65. The number of aromatic nitrogens is 2. The molecule has 1 aliphatic heterocycles. The standard InChI is InChI=1S/C10H15N3O4/c1-5-3-13(10(16)12-9(5)11)8-2-6(15)7(4-14)17-8/h3,6-8,14-15H,2,4H2,1H3,(H2,11,12,16)/t6-,7+,8-/m1/s1. The van der Waals surface area contributed by atoms with Crippen LogP contribution in [-0.2, 0) is 4.74 Å². The number of rotatable bonds is 2. The highest BCUT2D eigenvalue weighted by molar-refractivity contribution is 5.35. The fourth-order valence-corrected chi connectivity index (χ4v) is 1.84. The van der Waals surface area contributed by atoms with E-state index in [1.807, 2.05) is 0 Å². The Balaban J connectivity index is 2.30. The van der Waals surface area contributed by atoms with Crippen LogP contribution in [0.3, 0.4) is 0 Å². The van der Waals surface area contributed by atoms with Crippen molar-refractivity contribution in [3.8, 4) is 0 Å². The zero-order valence-corrected chi connectivity index (χ0v) is 9.41. The van der Waals surface area contributed by atoms with Crippen LogP contribution in [0.15, 0.2) is 11.0 Å². The third kappa shape index (κ3) is 2.17. The molecule has 1 fully saturated rings. The molecule has 0 amide bonds. The number of aryl methyl sites for hydroxylation is 1.